The van der Waals surface area contributed by atoms with Crippen molar-refractivity contribution in [2.24, 2.45) is 13.0 Å². The first kappa shape index (κ1) is 9.22. The minimum Gasteiger partial charge on any atom is -0.372 e. The Morgan fingerprint density at radius 2 is 2.57 bits per heavy atom. The molecule has 0 N–H and O–H groups in total. The zero-order chi connectivity index (χ0) is 9.97. The Labute approximate surface area is 83.1 Å². The molecule has 1 aromatic rings. The van der Waals surface area contributed by atoms with Gasteiger partial charge < -0.3 is 4.74 Å². The van der Waals surface area contributed by atoms with E-state index in [1.807, 2.05) is 13.2 Å². The van der Waals surface area contributed by atoms with Crippen LogP contribution < -0.4 is 0 Å². The average Bonchev–Trinajstić information content (AvgIpc) is 2.65. The summed E-state index contributed by atoms with van der Waals surface area (Å²) in [7, 11) is 1.87. The second-order valence-electron chi connectivity index (χ2n) is 3.62. The molecule has 74 valence electrons. The largest absolute Gasteiger partial charge is 0.372 e. The lowest BCUT2D eigenvalue weighted by Crippen LogP contribution is -2.20. The third-order valence-corrected chi connectivity index (χ3v) is 2.54. The van der Waals surface area contributed by atoms with Gasteiger partial charge in [0.2, 0.25) is 0 Å². The Bertz CT molecular complexity index is 352. The van der Waals surface area contributed by atoms with Crippen molar-refractivity contribution >= 4 is 0 Å². The van der Waals surface area contributed by atoms with Crippen LogP contribution >= 0.6 is 0 Å². The number of nitrogens with zero attached hydrogens (tertiary/aromatic N) is 3. The molecule has 0 spiro atoms. The minimum atomic E-state index is -0.0811. The Morgan fingerprint density at radius 1 is 1.71 bits per heavy atom. The van der Waals surface area contributed by atoms with E-state index in [-0.39, 0.29) is 12.0 Å². The highest BCUT2D eigenvalue weighted by molar-refractivity contribution is 5.13. The summed E-state index contributed by atoms with van der Waals surface area (Å²) in [6.07, 6.45) is 5.52. The number of hydrogen-bond donors (Lipinski definition) is 0. The number of rotatable bonds is 1. The van der Waals surface area contributed by atoms with Gasteiger partial charge in [0, 0.05) is 25.4 Å². The molecule has 0 amide bonds. The molecule has 4 nitrogen and oxygen atoms in total. The van der Waals surface area contributed by atoms with E-state index in [2.05, 4.69) is 11.2 Å². The molecular formula is C10H13N3O. The third kappa shape index (κ3) is 1.64. The molecule has 0 bridgehead atoms. The number of aryl methyl sites for hydroxylation is 1. The van der Waals surface area contributed by atoms with E-state index in [9.17, 15) is 0 Å². The summed E-state index contributed by atoms with van der Waals surface area (Å²) in [5.74, 6) is -0.0204. The Balaban J connectivity index is 2.19. The number of aromatic nitrogens is 2. The first-order chi connectivity index (χ1) is 6.81. The predicted molar refractivity (Wildman–Crippen MR) is 50.2 cm³/mol. The molecule has 1 aliphatic rings. The minimum absolute atomic E-state index is 0.0204. The molecule has 14 heavy (non-hydrogen) atoms. The molecule has 4 heteroatoms. The second kappa shape index (κ2) is 3.81. The summed E-state index contributed by atoms with van der Waals surface area (Å²) in [4.78, 5) is 0. The van der Waals surface area contributed by atoms with Crippen LogP contribution in [0.5, 0.6) is 0 Å². The van der Waals surface area contributed by atoms with Crippen molar-refractivity contribution in [2.45, 2.75) is 18.9 Å². The number of hydrogen-bond acceptors (Lipinski definition) is 3. The van der Waals surface area contributed by atoms with Gasteiger partial charge in [-0.15, -0.1) is 0 Å². The van der Waals surface area contributed by atoms with Crippen molar-refractivity contribution in [1.82, 2.24) is 9.78 Å². The van der Waals surface area contributed by atoms with E-state index < -0.39 is 0 Å². The van der Waals surface area contributed by atoms with Crippen molar-refractivity contribution in [1.29, 1.82) is 5.26 Å². The maximum Gasteiger partial charge on any atom is 0.101 e. The highest BCUT2D eigenvalue weighted by atomic mass is 16.5. The summed E-state index contributed by atoms with van der Waals surface area (Å²) >= 11 is 0. The van der Waals surface area contributed by atoms with Crippen molar-refractivity contribution < 1.29 is 4.74 Å². The SMILES string of the molecule is Cn1cc(C2OCCCC2C#N)cn1. The van der Waals surface area contributed by atoms with Gasteiger partial charge in [0.05, 0.1) is 18.2 Å². The summed E-state index contributed by atoms with van der Waals surface area (Å²) in [5.41, 5.74) is 1.01. The highest BCUT2D eigenvalue weighted by Gasteiger charge is 2.28. The summed E-state index contributed by atoms with van der Waals surface area (Å²) in [6.45, 7) is 0.748. The Morgan fingerprint density at radius 3 is 3.21 bits per heavy atom. The van der Waals surface area contributed by atoms with E-state index >= 15 is 0 Å². The standard InChI is InChI=1S/C10H13N3O/c1-13-7-9(6-12-13)10-8(5-11)3-2-4-14-10/h6-8,10H,2-4H2,1H3. The van der Waals surface area contributed by atoms with Crippen molar-refractivity contribution in [3.63, 3.8) is 0 Å². The monoisotopic (exact) mass is 191 g/mol. The molecule has 0 aliphatic carbocycles. The molecule has 1 aliphatic heterocycles. The maximum atomic E-state index is 8.97. The van der Waals surface area contributed by atoms with Crippen LogP contribution in [0.4, 0.5) is 0 Å². The van der Waals surface area contributed by atoms with Crippen LogP contribution in [0.3, 0.4) is 0 Å². The Hall–Kier alpha value is -1.34. The van der Waals surface area contributed by atoms with Gasteiger partial charge in [-0.2, -0.15) is 10.4 Å². The lowest BCUT2D eigenvalue weighted by atomic mass is 9.92. The first-order valence-electron chi connectivity index (χ1n) is 4.81. The normalized spacial score (nSPS) is 27.1. The lowest BCUT2D eigenvalue weighted by molar-refractivity contribution is -0.0102. The molecule has 0 aromatic carbocycles. The van der Waals surface area contributed by atoms with Gasteiger partial charge in [-0.3, -0.25) is 4.68 Å². The fourth-order valence-corrected chi connectivity index (χ4v) is 1.83. The van der Waals surface area contributed by atoms with E-state index in [1.165, 1.54) is 0 Å². The van der Waals surface area contributed by atoms with Crippen molar-refractivity contribution in [2.75, 3.05) is 6.61 Å². The lowest BCUT2D eigenvalue weighted by Gasteiger charge is -2.26. The summed E-state index contributed by atoms with van der Waals surface area (Å²) in [6, 6.07) is 2.30. The molecule has 1 aromatic heterocycles. The van der Waals surface area contributed by atoms with E-state index in [0.717, 1.165) is 25.0 Å². The van der Waals surface area contributed by atoms with Gasteiger partial charge in [-0.25, -0.2) is 0 Å². The van der Waals surface area contributed by atoms with E-state index in [1.54, 1.807) is 10.9 Å². The van der Waals surface area contributed by atoms with Gasteiger partial charge in [-0.1, -0.05) is 0 Å². The van der Waals surface area contributed by atoms with Crippen LogP contribution in [0.25, 0.3) is 0 Å². The zero-order valence-electron chi connectivity index (χ0n) is 8.18. The maximum absolute atomic E-state index is 8.97. The smallest absolute Gasteiger partial charge is 0.101 e. The third-order valence-electron chi connectivity index (χ3n) is 2.54. The topological polar surface area (TPSA) is 50.8 Å². The van der Waals surface area contributed by atoms with Crippen molar-refractivity contribution in [3.8, 4) is 6.07 Å². The molecule has 2 atom stereocenters. The van der Waals surface area contributed by atoms with Crippen LogP contribution in [0.1, 0.15) is 24.5 Å². The van der Waals surface area contributed by atoms with Crippen LogP contribution in [0, 0.1) is 17.2 Å². The molecule has 2 heterocycles. The molecule has 1 saturated heterocycles. The van der Waals surface area contributed by atoms with Gasteiger partial charge >= 0.3 is 0 Å². The quantitative estimate of drug-likeness (QED) is 0.674. The van der Waals surface area contributed by atoms with Crippen molar-refractivity contribution in [3.05, 3.63) is 18.0 Å². The zero-order valence-corrected chi connectivity index (χ0v) is 8.18. The number of nitriles is 1. The summed E-state index contributed by atoms with van der Waals surface area (Å²) < 4.78 is 7.34. The Kier molecular flexibility index (Phi) is 2.51. The predicted octanol–water partition coefficient (Wildman–Crippen LogP) is 1.41. The van der Waals surface area contributed by atoms with Gasteiger partial charge in [0.25, 0.3) is 0 Å². The molecule has 1 fully saturated rings. The fraction of sp³-hybridized carbons (Fsp3) is 0.600. The average molecular weight is 191 g/mol. The number of ether oxygens (including phenoxy) is 1. The van der Waals surface area contributed by atoms with Gasteiger partial charge in [0.1, 0.15) is 6.10 Å². The fourth-order valence-electron chi connectivity index (χ4n) is 1.83. The van der Waals surface area contributed by atoms with Crippen LogP contribution in [-0.4, -0.2) is 16.4 Å². The second-order valence-corrected chi connectivity index (χ2v) is 3.62. The van der Waals surface area contributed by atoms with Gasteiger partial charge in [-0.05, 0) is 12.8 Å². The molecule has 0 radical (unpaired) electrons. The summed E-state index contributed by atoms with van der Waals surface area (Å²) in [5, 5.41) is 13.1. The van der Waals surface area contributed by atoms with Crippen LogP contribution in [0.15, 0.2) is 12.4 Å². The van der Waals surface area contributed by atoms with Crippen LogP contribution in [-0.2, 0) is 11.8 Å². The molecule has 2 unspecified atom stereocenters. The molecular weight excluding hydrogens is 178 g/mol. The first-order valence-corrected chi connectivity index (χ1v) is 4.81. The van der Waals surface area contributed by atoms with E-state index in [4.69, 9.17) is 10.00 Å². The van der Waals surface area contributed by atoms with Gasteiger partial charge in [0.15, 0.2) is 0 Å². The highest BCUT2D eigenvalue weighted by Crippen LogP contribution is 2.32. The van der Waals surface area contributed by atoms with Crippen LogP contribution in [0.2, 0.25) is 0 Å². The molecule has 0 saturated carbocycles. The van der Waals surface area contributed by atoms with E-state index in [0.29, 0.717) is 0 Å². The molecule has 2 rings (SSSR count).